The summed E-state index contributed by atoms with van der Waals surface area (Å²) in [6.07, 6.45) is 2.26. The molecule has 25 heavy (non-hydrogen) atoms. The standard InChI is InChI=1S/C21H28N2O2/c22-16-21(17-9-11-23(12-10-17)13-14-24)18-5-4-8-20(15-18)25-19-6-2-1-3-7-19/h1-8,15,17,21,24H,9-14,16,22H2. The Hall–Kier alpha value is -1.88. The summed E-state index contributed by atoms with van der Waals surface area (Å²) < 4.78 is 5.97. The Morgan fingerprint density at radius 1 is 1.04 bits per heavy atom. The van der Waals surface area contributed by atoms with Crippen LogP contribution in [-0.2, 0) is 0 Å². The molecule has 1 atom stereocenters. The lowest BCUT2D eigenvalue weighted by Crippen LogP contribution is -2.38. The van der Waals surface area contributed by atoms with Crippen LogP contribution in [0.4, 0.5) is 0 Å². The van der Waals surface area contributed by atoms with Gasteiger partial charge >= 0.3 is 0 Å². The van der Waals surface area contributed by atoms with Crippen molar-refractivity contribution in [3.05, 3.63) is 60.2 Å². The fourth-order valence-electron chi connectivity index (χ4n) is 3.75. The quantitative estimate of drug-likeness (QED) is 0.812. The Morgan fingerprint density at radius 2 is 1.76 bits per heavy atom. The Morgan fingerprint density at radius 3 is 2.44 bits per heavy atom. The largest absolute Gasteiger partial charge is 0.457 e. The lowest BCUT2D eigenvalue weighted by atomic mass is 9.80. The molecule has 4 nitrogen and oxygen atoms in total. The predicted molar refractivity (Wildman–Crippen MR) is 101 cm³/mol. The molecule has 2 aromatic rings. The van der Waals surface area contributed by atoms with Crippen LogP contribution in [0.5, 0.6) is 11.5 Å². The highest BCUT2D eigenvalue weighted by molar-refractivity contribution is 5.35. The van der Waals surface area contributed by atoms with E-state index in [4.69, 9.17) is 15.6 Å². The fraction of sp³-hybridized carbons (Fsp3) is 0.429. The number of nitrogens with two attached hydrogens (primary N) is 1. The van der Waals surface area contributed by atoms with Crippen LogP contribution in [0.1, 0.15) is 24.3 Å². The molecule has 3 rings (SSSR count). The molecule has 1 saturated heterocycles. The van der Waals surface area contributed by atoms with Gasteiger partial charge in [0.1, 0.15) is 11.5 Å². The topological polar surface area (TPSA) is 58.7 Å². The zero-order valence-electron chi connectivity index (χ0n) is 14.7. The van der Waals surface area contributed by atoms with Gasteiger partial charge in [-0.05, 0) is 74.1 Å². The minimum atomic E-state index is 0.240. The summed E-state index contributed by atoms with van der Waals surface area (Å²) in [6.45, 7) is 3.76. The zero-order chi connectivity index (χ0) is 17.5. The third-order valence-corrected chi connectivity index (χ3v) is 5.14. The molecule has 0 aliphatic carbocycles. The number of hydrogen-bond acceptors (Lipinski definition) is 4. The van der Waals surface area contributed by atoms with Crippen LogP contribution in [-0.4, -0.2) is 42.8 Å². The number of para-hydroxylation sites is 1. The fourth-order valence-corrected chi connectivity index (χ4v) is 3.75. The van der Waals surface area contributed by atoms with Crippen LogP contribution in [0.2, 0.25) is 0 Å². The van der Waals surface area contributed by atoms with Crippen molar-refractivity contribution >= 4 is 0 Å². The molecule has 134 valence electrons. The number of ether oxygens (including phenoxy) is 1. The average Bonchev–Trinajstić information content (AvgIpc) is 2.65. The first-order valence-electron chi connectivity index (χ1n) is 9.16. The van der Waals surface area contributed by atoms with Gasteiger partial charge in [-0.2, -0.15) is 0 Å². The number of aliphatic hydroxyl groups excluding tert-OH is 1. The smallest absolute Gasteiger partial charge is 0.127 e. The van der Waals surface area contributed by atoms with Gasteiger partial charge in [-0.25, -0.2) is 0 Å². The number of aliphatic hydroxyl groups is 1. The highest BCUT2D eigenvalue weighted by Crippen LogP contribution is 2.34. The van der Waals surface area contributed by atoms with E-state index in [0.717, 1.165) is 44.0 Å². The van der Waals surface area contributed by atoms with Crippen molar-refractivity contribution in [3.63, 3.8) is 0 Å². The first-order chi connectivity index (χ1) is 12.3. The lowest BCUT2D eigenvalue weighted by molar-refractivity contribution is 0.138. The summed E-state index contributed by atoms with van der Waals surface area (Å²) in [5.41, 5.74) is 7.40. The van der Waals surface area contributed by atoms with Gasteiger partial charge in [-0.1, -0.05) is 30.3 Å². The van der Waals surface area contributed by atoms with E-state index < -0.39 is 0 Å². The van der Waals surface area contributed by atoms with Crippen molar-refractivity contribution < 1.29 is 9.84 Å². The van der Waals surface area contributed by atoms with Crippen molar-refractivity contribution in [3.8, 4) is 11.5 Å². The van der Waals surface area contributed by atoms with Crippen molar-refractivity contribution in [2.24, 2.45) is 11.7 Å². The van der Waals surface area contributed by atoms with Crippen LogP contribution >= 0.6 is 0 Å². The van der Waals surface area contributed by atoms with E-state index in [2.05, 4.69) is 23.1 Å². The lowest BCUT2D eigenvalue weighted by Gasteiger charge is -2.35. The predicted octanol–water partition coefficient (Wildman–Crippen LogP) is 3.23. The molecule has 1 aliphatic heterocycles. The van der Waals surface area contributed by atoms with E-state index in [0.29, 0.717) is 18.4 Å². The van der Waals surface area contributed by atoms with Gasteiger partial charge in [-0.3, -0.25) is 0 Å². The van der Waals surface area contributed by atoms with Gasteiger partial charge in [0, 0.05) is 6.54 Å². The minimum absolute atomic E-state index is 0.240. The molecule has 3 N–H and O–H groups in total. The van der Waals surface area contributed by atoms with Gasteiger partial charge in [0.15, 0.2) is 0 Å². The van der Waals surface area contributed by atoms with Crippen LogP contribution in [0.15, 0.2) is 54.6 Å². The molecule has 1 unspecified atom stereocenters. The molecule has 0 aromatic heterocycles. The number of rotatable bonds is 7. The van der Waals surface area contributed by atoms with E-state index >= 15 is 0 Å². The second kappa shape index (κ2) is 8.99. The molecule has 4 heteroatoms. The van der Waals surface area contributed by atoms with E-state index in [9.17, 15) is 0 Å². The van der Waals surface area contributed by atoms with E-state index in [1.54, 1.807) is 0 Å². The van der Waals surface area contributed by atoms with E-state index in [1.807, 2.05) is 36.4 Å². The number of piperidine rings is 1. The number of nitrogens with zero attached hydrogens (tertiary/aromatic N) is 1. The van der Waals surface area contributed by atoms with Crippen molar-refractivity contribution in [2.45, 2.75) is 18.8 Å². The maximum absolute atomic E-state index is 9.09. The number of likely N-dealkylation sites (tertiary alicyclic amines) is 1. The molecular formula is C21H28N2O2. The van der Waals surface area contributed by atoms with Crippen LogP contribution in [0, 0.1) is 5.92 Å². The van der Waals surface area contributed by atoms with Gasteiger partial charge in [0.25, 0.3) is 0 Å². The second-order valence-corrected chi connectivity index (χ2v) is 6.73. The minimum Gasteiger partial charge on any atom is -0.457 e. The summed E-state index contributed by atoms with van der Waals surface area (Å²) in [5, 5.41) is 9.09. The summed E-state index contributed by atoms with van der Waals surface area (Å²) >= 11 is 0. The molecule has 0 radical (unpaired) electrons. The van der Waals surface area contributed by atoms with E-state index in [-0.39, 0.29) is 6.61 Å². The van der Waals surface area contributed by atoms with Crippen molar-refractivity contribution in [1.82, 2.24) is 4.90 Å². The molecule has 0 spiro atoms. The molecule has 2 aromatic carbocycles. The molecule has 0 amide bonds. The molecule has 1 fully saturated rings. The zero-order valence-corrected chi connectivity index (χ0v) is 14.7. The number of hydrogen-bond donors (Lipinski definition) is 2. The molecule has 1 aliphatic rings. The van der Waals surface area contributed by atoms with Gasteiger partial charge in [-0.15, -0.1) is 0 Å². The molecular weight excluding hydrogens is 312 g/mol. The first-order valence-corrected chi connectivity index (χ1v) is 9.16. The third-order valence-electron chi connectivity index (χ3n) is 5.14. The van der Waals surface area contributed by atoms with Crippen LogP contribution < -0.4 is 10.5 Å². The maximum atomic E-state index is 9.09. The van der Waals surface area contributed by atoms with Crippen LogP contribution in [0.3, 0.4) is 0 Å². The highest BCUT2D eigenvalue weighted by atomic mass is 16.5. The normalized spacial score (nSPS) is 17.4. The third kappa shape index (κ3) is 4.82. The molecule has 1 heterocycles. The SMILES string of the molecule is NCC(c1cccc(Oc2ccccc2)c1)C1CCN(CCO)CC1. The highest BCUT2D eigenvalue weighted by Gasteiger charge is 2.26. The average molecular weight is 340 g/mol. The van der Waals surface area contributed by atoms with E-state index in [1.165, 1.54) is 5.56 Å². The summed E-state index contributed by atoms with van der Waals surface area (Å²) in [7, 11) is 0. The Kier molecular flexibility index (Phi) is 6.45. The molecule has 0 saturated carbocycles. The Bertz CT molecular complexity index is 639. The summed E-state index contributed by atoms with van der Waals surface area (Å²) in [6, 6.07) is 18.2. The summed E-state index contributed by atoms with van der Waals surface area (Å²) in [5.74, 6) is 2.66. The van der Waals surface area contributed by atoms with Crippen molar-refractivity contribution in [1.29, 1.82) is 0 Å². The monoisotopic (exact) mass is 340 g/mol. The van der Waals surface area contributed by atoms with Crippen molar-refractivity contribution in [2.75, 3.05) is 32.8 Å². The number of benzene rings is 2. The summed E-state index contributed by atoms with van der Waals surface area (Å²) in [4.78, 5) is 2.33. The number of β-amino-alcohol motifs (C(OH)–C–C–N with tert-alkyl or cyclic N) is 1. The molecule has 0 bridgehead atoms. The Balaban J connectivity index is 1.68. The maximum Gasteiger partial charge on any atom is 0.127 e. The van der Waals surface area contributed by atoms with Gasteiger partial charge in [0.05, 0.1) is 6.61 Å². The van der Waals surface area contributed by atoms with Crippen LogP contribution in [0.25, 0.3) is 0 Å². The second-order valence-electron chi connectivity index (χ2n) is 6.73. The Labute approximate surface area is 150 Å². The first kappa shape index (κ1) is 17.9. The van der Waals surface area contributed by atoms with Gasteiger partial charge < -0.3 is 20.5 Å². The van der Waals surface area contributed by atoms with Gasteiger partial charge in [0.2, 0.25) is 0 Å².